The molecule has 110 valence electrons. The zero-order valence-electron chi connectivity index (χ0n) is 11.5. The number of nitrogens with zero attached hydrogens (tertiary/aromatic N) is 4. The van der Waals surface area contributed by atoms with Crippen molar-refractivity contribution in [3.8, 4) is 0 Å². The summed E-state index contributed by atoms with van der Waals surface area (Å²) in [5.41, 5.74) is -0.256. The maximum absolute atomic E-state index is 12.1. The molecule has 2 N–H and O–H groups in total. The first-order chi connectivity index (χ1) is 9.98. The largest absolute Gasteiger partial charge is 0.481 e. The second kappa shape index (κ2) is 4.72. The molecule has 8 nitrogen and oxygen atoms in total. The van der Waals surface area contributed by atoms with Gasteiger partial charge in [-0.3, -0.25) is 10.1 Å². The summed E-state index contributed by atoms with van der Waals surface area (Å²) in [5, 5.41) is 15.9. The average Bonchev–Trinajstić information content (AvgIpc) is 3.02. The molecule has 21 heavy (non-hydrogen) atoms. The van der Waals surface area contributed by atoms with Crippen molar-refractivity contribution in [2.24, 2.45) is 5.41 Å². The molecule has 0 aromatic carbocycles. The van der Waals surface area contributed by atoms with Crippen LogP contribution < -0.4 is 5.32 Å². The molecule has 1 fully saturated rings. The van der Waals surface area contributed by atoms with Gasteiger partial charge in [0.25, 0.3) is 5.95 Å². The number of fused-ring (bicyclic) bond motifs is 1. The third-order valence-electron chi connectivity index (χ3n) is 3.74. The van der Waals surface area contributed by atoms with Gasteiger partial charge in [-0.15, -0.1) is 5.10 Å². The summed E-state index contributed by atoms with van der Waals surface area (Å²) < 4.78 is 1.56. The van der Waals surface area contributed by atoms with E-state index in [9.17, 15) is 14.7 Å². The smallest absolute Gasteiger partial charge is 0.324 e. The van der Waals surface area contributed by atoms with Crippen LogP contribution in [-0.2, 0) is 4.79 Å². The van der Waals surface area contributed by atoms with Crippen LogP contribution >= 0.6 is 0 Å². The molecule has 1 unspecified atom stereocenters. The Hall–Kier alpha value is -2.64. The van der Waals surface area contributed by atoms with Crippen molar-refractivity contribution in [3.63, 3.8) is 0 Å². The minimum atomic E-state index is -0.886. The highest BCUT2D eigenvalue weighted by atomic mass is 16.4. The van der Waals surface area contributed by atoms with Gasteiger partial charge in [0.2, 0.25) is 0 Å². The third kappa shape index (κ3) is 2.39. The van der Waals surface area contributed by atoms with Crippen LogP contribution in [0.1, 0.15) is 13.3 Å². The Bertz CT molecular complexity index is 680. The number of aromatic nitrogens is 3. The van der Waals surface area contributed by atoms with Crippen LogP contribution in [0.2, 0.25) is 0 Å². The highest BCUT2D eigenvalue weighted by molar-refractivity contribution is 5.89. The minimum Gasteiger partial charge on any atom is -0.481 e. The molecule has 3 rings (SSSR count). The lowest BCUT2D eigenvalue weighted by molar-refractivity contribution is -0.146. The lowest BCUT2D eigenvalue weighted by Gasteiger charge is -2.19. The van der Waals surface area contributed by atoms with Crippen LogP contribution in [0, 0.1) is 5.41 Å². The Kier molecular flexibility index (Phi) is 3.00. The normalized spacial score (nSPS) is 21.7. The number of carboxylic acids is 1. The summed E-state index contributed by atoms with van der Waals surface area (Å²) in [6.45, 7) is 2.23. The number of carbonyl (C=O) groups excluding carboxylic acids is 1. The summed E-state index contributed by atoms with van der Waals surface area (Å²) >= 11 is 0. The number of hydrogen-bond acceptors (Lipinski definition) is 4. The predicted molar refractivity (Wildman–Crippen MR) is 73.9 cm³/mol. The van der Waals surface area contributed by atoms with Crippen LogP contribution in [-0.4, -0.2) is 49.7 Å². The molecule has 1 aliphatic heterocycles. The van der Waals surface area contributed by atoms with Crippen molar-refractivity contribution in [1.82, 2.24) is 19.5 Å². The number of likely N-dealkylation sites (tertiary alicyclic amines) is 1. The van der Waals surface area contributed by atoms with Gasteiger partial charge < -0.3 is 10.0 Å². The zero-order valence-corrected chi connectivity index (χ0v) is 11.5. The quantitative estimate of drug-likeness (QED) is 0.861. The average molecular weight is 289 g/mol. The Labute approximate surface area is 120 Å². The molecule has 1 aliphatic rings. The number of carboxylic acid groups (broad SMARTS) is 1. The van der Waals surface area contributed by atoms with E-state index in [1.165, 1.54) is 4.90 Å². The fourth-order valence-corrected chi connectivity index (χ4v) is 2.37. The predicted octanol–water partition coefficient (Wildman–Crippen LogP) is 1.06. The van der Waals surface area contributed by atoms with Gasteiger partial charge in [-0.2, -0.15) is 4.98 Å². The monoisotopic (exact) mass is 289 g/mol. The highest BCUT2D eigenvalue weighted by Gasteiger charge is 2.42. The second-order valence-electron chi connectivity index (χ2n) is 5.41. The first-order valence-corrected chi connectivity index (χ1v) is 6.59. The van der Waals surface area contributed by atoms with Crippen molar-refractivity contribution in [2.45, 2.75) is 13.3 Å². The molecular weight excluding hydrogens is 274 g/mol. The summed E-state index contributed by atoms with van der Waals surface area (Å²) in [4.78, 5) is 29.0. The van der Waals surface area contributed by atoms with E-state index < -0.39 is 11.4 Å². The zero-order chi connectivity index (χ0) is 15.0. The second-order valence-corrected chi connectivity index (χ2v) is 5.41. The number of anilines is 1. The van der Waals surface area contributed by atoms with E-state index in [1.54, 1.807) is 23.7 Å². The summed E-state index contributed by atoms with van der Waals surface area (Å²) in [6, 6.07) is 5.04. The molecule has 0 aliphatic carbocycles. The first kappa shape index (κ1) is 13.3. The number of pyridine rings is 1. The van der Waals surface area contributed by atoms with E-state index in [2.05, 4.69) is 15.4 Å². The van der Waals surface area contributed by atoms with E-state index in [4.69, 9.17) is 0 Å². The Morgan fingerprint density at radius 2 is 2.24 bits per heavy atom. The standard InChI is InChI=1S/C13H15N5O3/c1-13(10(19)20)5-7-17(8-13)12(21)15-11-14-9-4-2-3-6-18(9)16-11/h2-4,6H,5,7-8H2,1H3,(H,19,20)(H,15,16,21). The first-order valence-electron chi connectivity index (χ1n) is 6.59. The topological polar surface area (TPSA) is 99.8 Å². The van der Waals surface area contributed by atoms with Crippen molar-refractivity contribution < 1.29 is 14.7 Å². The number of aliphatic carboxylic acids is 1. The van der Waals surface area contributed by atoms with Crippen molar-refractivity contribution in [1.29, 1.82) is 0 Å². The molecule has 2 amide bonds. The van der Waals surface area contributed by atoms with Gasteiger partial charge in [0.1, 0.15) is 0 Å². The van der Waals surface area contributed by atoms with Gasteiger partial charge in [-0.25, -0.2) is 9.31 Å². The maximum Gasteiger partial charge on any atom is 0.324 e. The molecule has 1 saturated heterocycles. The van der Waals surface area contributed by atoms with Crippen LogP contribution in [0.5, 0.6) is 0 Å². The Morgan fingerprint density at radius 1 is 1.43 bits per heavy atom. The van der Waals surface area contributed by atoms with E-state index in [0.717, 1.165) is 0 Å². The van der Waals surface area contributed by atoms with Crippen molar-refractivity contribution in [2.75, 3.05) is 18.4 Å². The summed E-state index contributed by atoms with van der Waals surface area (Å²) in [7, 11) is 0. The lowest BCUT2D eigenvalue weighted by Crippen LogP contribution is -2.37. The number of carbonyl (C=O) groups is 2. The van der Waals surface area contributed by atoms with Gasteiger partial charge in [0.15, 0.2) is 5.65 Å². The van der Waals surface area contributed by atoms with Gasteiger partial charge in [-0.05, 0) is 25.5 Å². The van der Waals surface area contributed by atoms with E-state index in [1.807, 2.05) is 12.1 Å². The summed E-state index contributed by atoms with van der Waals surface area (Å²) in [5.74, 6) is -0.682. The minimum absolute atomic E-state index is 0.182. The molecular formula is C13H15N5O3. The molecule has 8 heteroatoms. The molecule has 0 spiro atoms. The molecule has 2 aromatic rings. The van der Waals surface area contributed by atoms with Gasteiger partial charge >= 0.3 is 12.0 Å². The van der Waals surface area contributed by atoms with Crippen LogP contribution in [0.3, 0.4) is 0 Å². The van der Waals surface area contributed by atoms with Crippen LogP contribution in [0.25, 0.3) is 5.65 Å². The number of urea groups is 1. The molecule has 0 radical (unpaired) electrons. The van der Waals surface area contributed by atoms with Gasteiger partial charge in [-0.1, -0.05) is 6.07 Å². The fourth-order valence-electron chi connectivity index (χ4n) is 2.37. The van der Waals surface area contributed by atoms with Gasteiger partial charge in [0.05, 0.1) is 5.41 Å². The van der Waals surface area contributed by atoms with Crippen molar-refractivity contribution in [3.05, 3.63) is 24.4 Å². The number of amides is 2. The molecule has 2 aromatic heterocycles. The highest BCUT2D eigenvalue weighted by Crippen LogP contribution is 2.30. The number of rotatable bonds is 2. The fraction of sp³-hybridized carbons (Fsp3) is 0.385. The molecule has 0 saturated carbocycles. The van der Waals surface area contributed by atoms with E-state index >= 15 is 0 Å². The lowest BCUT2D eigenvalue weighted by atomic mass is 9.90. The summed E-state index contributed by atoms with van der Waals surface area (Å²) in [6.07, 6.45) is 2.17. The molecule has 3 heterocycles. The van der Waals surface area contributed by atoms with Crippen LogP contribution in [0.4, 0.5) is 10.7 Å². The third-order valence-corrected chi connectivity index (χ3v) is 3.74. The maximum atomic E-state index is 12.1. The SMILES string of the molecule is CC1(C(=O)O)CCN(C(=O)Nc2nc3ccccn3n2)C1. The van der Waals surface area contributed by atoms with E-state index in [-0.39, 0.29) is 18.5 Å². The van der Waals surface area contributed by atoms with Gasteiger partial charge in [0, 0.05) is 19.3 Å². The number of nitrogens with one attached hydrogen (secondary N) is 1. The number of hydrogen-bond donors (Lipinski definition) is 2. The van der Waals surface area contributed by atoms with Crippen LogP contribution in [0.15, 0.2) is 24.4 Å². The molecule has 0 bridgehead atoms. The Balaban J connectivity index is 1.71. The van der Waals surface area contributed by atoms with Crippen molar-refractivity contribution >= 4 is 23.6 Å². The Morgan fingerprint density at radius 3 is 2.90 bits per heavy atom. The van der Waals surface area contributed by atoms with E-state index in [0.29, 0.717) is 18.6 Å². The molecule has 1 atom stereocenters.